The average molecular weight is 431 g/mol. The summed E-state index contributed by atoms with van der Waals surface area (Å²) in [6, 6.07) is 10.1. The third-order valence-corrected chi connectivity index (χ3v) is 7.05. The third kappa shape index (κ3) is 8.40. The molecule has 0 aromatic heterocycles. The van der Waals surface area contributed by atoms with Crippen molar-refractivity contribution < 1.29 is 19.4 Å². The van der Waals surface area contributed by atoms with Gasteiger partial charge in [0.2, 0.25) is 0 Å². The zero-order chi connectivity index (χ0) is 22.5. The van der Waals surface area contributed by atoms with Crippen molar-refractivity contribution in [3.05, 3.63) is 35.9 Å². The molecule has 31 heavy (non-hydrogen) atoms. The van der Waals surface area contributed by atoms with E-state index in [1.807, 2.05) is 30.3 Å². The Morgan fingerprint density at radius 2 is 1.77 bits per heavy atom. The van der Waals surface area contributed by atoms with Gasteiger partial charge in [-0.2, -0.15) is 0 Å². The quantitative estimate of drug-likeness (QED) is 0.260. The Balaban J connectivity index is 1.85. The minimum Gasteiger partial charge on any atom is -0.469 e. The maximum atomic E-state index is 12.5. The maximum absolute atomic E-state index is 12.5. The smallest absolute Gasteiger partial charge is 0.305 e. The molecule has 1 unspecified atom stereocenters. The molecule has 1 aromatic carbocycles. The lowest BCUT2D eigenvalue weighted by Gasteiger charge is -2.31. The van der Waals surface area contributed by atoms with E-state index in [2.05, 4.69) is 11.7 Å². The lowest BCUT2D eigenvalue weighted by atomic mass is 9.79. The van der Waals surface area contributed by atoms with Gasteiger partial charge in [0.25, 0.3) is 0 Å². The van der Waals surface area contributed by atoms with Crippen LogP contribution >= 0.6 is 0 Å². The molecule has 0 spiro atoms. The molecular formula is C27H42O4. The number of ether oxygens (including phenoxy) is 1. The van der Waals surface area contributed by atoms with Gasteiger partial charge in [-0.05, 0) is 50.0 Å². The molecule has 1 saturated carbocycles. The number of hydrogen-bond donors (Lipinski definition) is 1. The molecule has 1 aromatic rings. The van der Waals surface area contributed by atoms with Gasteiger partial charge >= 0.3 is 5.97 Å². The van der Waals surface area contributed by atoms with Crippen molar-refractivity contribution in [3.8, 4) is 0 Å². The Morgan fingerprint density at radius 1 is 1.03 bits per heavy atom. The standard InChI is InChI=1S/C27H42O4/c1-3-4-12-20-27(30,23-13-8-7-9-14-23)21-19-22-17-18-25(28)24(22)15-10-5-6-11-16-26(29)31-2/h7-9,13-14,22,24,30H,3-6,10-12,15-21H2,1-2H3/t22-,24-,27?/m1/s1. The molecule has 0 amide bonds. The number of esters is 1. The fraction of sp³-hybridized carbons (Fsp3) is 0.704. The Kier molecular flexibility index (Phi) is 11.3. The van der Waals surface area contributed by atoms with Crippen molar-refractivity contribution >= 4 is 11.8 Å². The topological polar surface area (TPSA) is 63.6 Å². The van der Waals surface area contributed by atoms with Crippen molar-refractivity contribution in [2.24, 2.45) is 11.8 Å². The Labute approximate surface area is 188 Å². The lowest BCUT2D eigenvalue weighted by molar-refractivity contribution is -0.140. The van der Waals surface area contributed by atoms with Crippen molar-refractivity contribution in [2.75, 3.05) is 7.11 Å². The second-order valence-corrected chi connectivity index (χ2v) is 9.29. The van der Waals surface area contributed by atoms with Gasteiger partial charge in [-0.25, -0.2) is 0 Å². The minimum atomic E-state index is -0.791. The Hall–Kier alpha value is -1.68. The van der Waals surface area contributed by atoms with E-state index < -0.39 is 5.60 Å². The van der Waals surface area contributed by atoms with Crippen LogP contribution in [0, 0.1) is 11.8 Å². The summed E-state index contributed by atoms with van der Waals surface area (Å²) in [4.78, 5) is 23.7. The molecule has 4 heteroatoms. The Morgan fingerprint density at radius 3 is 2.48 bits per heavy atom. The predicted molar refractivity (Wildman–Crippen MR) is 125 cm³/mol. The van der Waals surface area contributed by atoms with E-state index in [0.717, 1.165) is 82.6 Å². The second kappa shape index (κ2) is 13.7. The molecule has 2 rings (SSSR count). The van der Waals surface area contributed by atoms with Crippen LogP contribution in [0.3, 0.4) is 0 Å². The highest BCUT2D eigenvalue weighted by atomic mass is 16.5. The molecule has 0 radical (unpaired) electrons. The highest BCUT2D eigenvalue weighted by Gasteiger charge is 2.36. The van der Waals surface area contributed by atoms with Gasteiger partial charge < -0.3 is 9.84 Å². The van der Waals surface area contributed by atoms with Gasteiger partial charge in [0.05, 0.1) is 12.7 Å². The number of Topliss-reactive ketones (excluding diaryl/α,β-unsaturated/α-hetero) is 1. The van der Waals surface area contributed by atoms with Crippen LogP contribution in [0.1, 0.15) is 102 Å². The van der Waals surface area contributed by atoms with Gasteiger partial charge in [-0.1, -0.05) is 75.8 Å². The van der Waals surface area contributed by atoms with Gasteiger partial charge in [-0.3, -0.25) is 9.59 Å². The molecule has 0 aliphatic heterocycles. The number of rotatable bonds is 15. The second-order valence-electron chi connectivity index (χ2n) is 9.29. The molecule has 3 atom stereocenters. The zero-order valence-electron chi connectivity index (χ0n) is 19.6. The van der Waals surface area contributed by atoms with Gasteiger partial charge in [-0.15, -0.1) is 0 Å². The van der Waals surface area contributed by atoms with E-state index in [1.54, 1.807) is 0 Å². The number of aliphatic hydroxyl groups is 1. The van der Waals surface area contributed by atoms with E-state index in [9.17, 15) is 14.7 Å². The van der Waals surface area contributed by atoms with Crippen LogP contribution in [0.2, 0.25) is 0 Å². The van der Waals surface area contributed by atoms with Crippen molar-refractivity contribution in [1.82, 2.24) is 0 Å². The van der Waals surface area contributed by atoms with E-state index in [1.165, 1.54) is 7.11 Å². The van der Waals surface area contributed by atoms with E-state index in [0.29, 0.717) is 24.5 Å². The number of carbonyl (C=O) groups is 2. The molecule has 0 heterocycles. The number of hydrogen-bond acceptors (Lipinski definition) is 4. The summed E-state index contributed by atoms with van der Waals surface area (Å²) in [6.07, 6.45) is 12.8. The molecular weight excluding hydrogens is 388 g/mol. The van der Waals surface area contributed by atoms with Crippen LogP contribution in [-0.2, 0) is 19.9 Å². The summed E-state index contributed by atoms with van der Waals surface area (Å²) < 4.78 is 4.68. The highest BCUT2D eigenvalue weighted by molar-refractivity contribution is 5.83. The fourth-order valence-corrected chi connectivity index (χ4v) is 5.06. The summed E-state index contributed by atoms with van der Waals surface area (Å²) in [5.74, 6) is 0.810. The number of ketones is 1. The first-order valence-corrected chi connectivity index (χ1v) is 12.4. The Bertz CT molecular complexity index is 656. The molecule has 4 nitrogen and oxygen atoms in total. The van der Waals surface area contributed by atoms with E-state index in [4.69, 9.17) is 0 Å². The first kappa shape index (κ1) is 25.6. The summed E-state index contributed by atoms with van der Waals surface area (Å²) in [5.41, 5.74) is 0.220. The lowest BCUT2D eigenvalue weighted by Crippen LogP contribution is -2.27. The van der Waals surface area contributed by atoms with Crippen LogP contribution in [0.25, 0.3) is 0 Å². The number of unbranched alkanes of at least 4 members (excludes halogenated alkanes) is 5. The van der Waals surface area contributed by atoms with Crippen LogP contribution in [0.15, 0.2) is 30.3 Å². The third-order valence-electron chi connectivity index (χ3n) is 7.05. The summed E-state index contributed by atoms with van der Waals surface area (Å²) >= 11 is 0. The predicted octanol–water partition coefficient (Wildman–Crippen LogP) is 6.34. The monoisotopic (exact) mass is 430 g/mol. The van der Waals surface area contributed by atoms with Crippen LogP contribution in [0.4, 0.5) is 0 Å². The summed E-state index contributed by atoms with van der Waals surface area (Å²) in [5, 5.41) is 11.5. The minimum absolute atomic E-state index is 0.143. The summed E-state index contributed by atoms with van der Waals surface area (Å²) in [7, 11) is 1.43. The maximum Gasteiger partial charge on any atom is 0.305 e. The van der Waals surface area contributed by atoms with Crippen molar-refractivity contribution in [2.45, 2.75) is 102 Å². The van der Waals surface area contributed by atoms with Crippen LogP contribution in [-0.4, -0.2) is 24.0 Å². The first-order chi connectivity index (χ1) is 15.0. The summed E-state index contributed by atoms with van der Waals surface area (Å²) in [6.45, 7) is 2.19. The van der Waals surface area contributed by atoms with Gasteiger partial charge in [0.15, 0.2) is 0 Å². The molecule has 0 saturated heterocycles. The molecule has 1 fully saturated rings. The number of carbonyl (C=O) groups excluding carboxylic acids is 2. The molecule has 0 bridgehead atoms. The van der Waals surface area contributed by atoms with Crippen LogP contribution < -0.4 is 0 Å². The molecule has 1 N–H and O–H groups in total. The number of methoxy groups -OCH3 is 1. The normalized spacial score (nSPS) is 20.5. The highest BCUT2D eigenvalue weighted by Crippen LogP contribution is 2.40. The van der Waals surface area contributed by atoms with Crippen molar-refractivity contribution in [3.63, 3.8) is 0 Å². The number of benzene rings is 1. The first-order valence-electron chi connectivity index (χ1n) is 12.4. The van der Waals surface area contributed by atoms with Gasteiger partial charge in [0, 0.05) is 18.8 Å². The fourth-order valence-electron chi connectivity index (χ4n) is 5.06. The average Bonchev–Trinajstić information content (AvgIpc) is 3.14. The largest absolute Gasteiger partial charge is 0.469 e. The zero-order valence-corrected chi connectivity index (χ0v) is 19.6. The SMILES string of the molecule is CCCCCC(O)(CC[C@H]1CCC(=O)[C@@H]1CCCCCCC(=O)OC)c1ccccc1. The molecule has 174 valence electrons. The van der Waals surface area contributed by atoms with Gasteiger partial charge in [0.1, 0.15) is 5.78 Å². The van der Waals surface area contributed by atoms with Crippen LogP contribution in [0.5, 0.6) is 0 Å². The van der Waals surface area contributed by atoms with E-state index in [-0.39, 0.29) is 11.9 Å². The molecule has 1 aliphatic rings. The van der Waals surface area contributed by atoms with Crippen molar-refractivity contribution in [1.29, 1.82) is 0 Å². The molecule has 1 aliphatic carbocycles. The van der Waals surface area contributed by atoms with E-state index >= 15 is 0 Å².